The highest BCUT2D eigenvalue weighted by atomic mass is 32.1. The van der Waals surface area contributed by atoms with Gasteiger partial charge in [-0.15, -0.1) is 11.3 Å². The number of benzene rings is 1. The van der Waals surface area contributed by atoms with E-state index in [0.29, 0.717) is 12.1 Å². The van der Waals surface area contributed by atoms with Crippen LogP contribution in [-0.2, 0) is 6.54 Å². The molecule has 19 heavy (non-hydrogen) atoms. The number of anilines is 1. The van der Waals surface area contributed by atoms with Crippen molar-refractivity contribution in [1.82, 2.24) is 14.5 Å². The zero-order valence-corrected chi connectivity index (χ0v) is 10.8. The molecule has 0 saturated heterocycles. The van der Waals surface area contributed by atoms with E-state index >= 15 is 0 Å². The number of hydrogen-bond donors (Lipinski definition) is 1. The number of halogens is 2. The van der Waals surface area contributed by atoms with Gasteiger partial charge in [-0.05, 0) is 6.92 Å². The largest absolute Gasteiger partial charge is 0.369 e. The second-order valence-corrected chi connectivity index (χ2v) is 5.48. The first-order chi connectivity index (χ1) is 9.04. The Morgan fingerprint density at radius 1 is 1.37 bits per heavy atom. The number of fused-ring (bicyclic) bond motifs is 1. The van der Waals surface area contributed by atoms with Gasteiger partial charge in [-0.3, -0.25) is 0 Å². The van der Waals surface area contributed by atoms with Crippen molar-refractivity contribution in [2.75, 3.05) is 5.73 Å². The first-order valence-corrected chi connectivity index (χ1v) is 6.38. The number of nitrogen functional groups attached to an aromatic ring is 1. The van der Waals surface area contributed by atoms with Gasteiger partial charge in [0.15, 0.2) is 5.82 Å². The van der Waals surface area contributed by atoms with Crippen LogP contribution in [0, 0.1) is 18.6 Å². The summed E-state index contributed by atoms with van der Waals surface area (Å²) in [6.45, 7) is 2.29. The van der Waals surface area contributed by atoms with E-state index in [1.165, 1.54) is 17.4 Å². The number of imidazole rings is 1. The van der Waals surface area contributed by atoms with Crippen molar-refractivity contribution in [3.63, 3.8) is 0 Å². The third-order valence-corrected chi connectivity index (χ3v) is 3.68. The van der Waals surface area contributed by atoms with E-state index in [4.69, 9.17) is 5.73 Å². The van der Waals surface area contributed by atoms with Crippen molar-refractivity contribution in [2.45, 2.75) is 13.5 Å². The molecular weight excluding hydrogens is 270 g/mol. The maximum absolute atomic E-state index is 13.6. The number of rotatable bonds is 2. The van der Waals surface area contributed by atoms with Gasteiger partial charge in [0.1, 0.15) is 11.3 Å². The van der Waals surface area contributed by atoms with E-state index in [1.807, 2.05) is 6.92 Å². The van der Waals surface area contributed by atoms with Crippen molar-refractivity contribution in [2.24, 2.45) is 0 Å². The molecule has 0 saturated carbocycles. The van der Waals surface area contributed by atoms with E-state index in [0.717, 1.165) is 16.0 Å². The fourth-order valence-electron chi connectivity index (χ4n) is 1.97. The monoisotopic (exact) mass is 280 g/mol. The molecule has 0 bridgehead atoms. The van der Waals surface area contributed by atoms with Gasteiger partial charge >= 0.3 is 0 Å². The molecule has 3 aromatic rings. The van der Waals surface area contributed by atoms with E-state index in [-0.39, 0.29) is 11.5 Å². The van der Waals surface area contributed by atoms with Crippen LogP contribution in [0.3, 0.4) is 0 Å². The fraction of sp³-hybridized carbons (Fsp3) is 0.167. The molecule has 98 valence electrons. The van der Waals surface area contributed by atoms with Crippen LogP contribution >= 0.6 is 11.3 Å². The summed E-state index contributed by atoms with van der Waals surface area (Å²) in [4.78, 5) is 9.03. The van der Waals surface area contributed by atoms with E-state index in [2.05, 4.69) is 9.97 Å². The Balaban J connectivity index is 2.15. The second-order valence-electron chi connectivity index (χ2n) is 4.16. The van der Waals surface area contributed by atoms with Gasteiger partial charge in [0, 0.05) is 23.2 Å². The summed E-state index contributed by atoms with van der Waals surface area (Å²) >= 11 is 1.51. The molecule has 0 aliphatic carbocycles. The molecule has 4 nitrogen and oxygen atoms in total. The van der Waals surface area contributed by atoms with Crippen LogP contribution in [0.25, 0.3) is 11.0 Å². The molecule has 0 spiro atoms. The Morgan fingerprint density at radius 2 is 2.16 bits per heavy atom. The van der Waals surface area contributed by atoms with Crippen LogP contribution in [0.1, 0.15) is 9.88 Å². The number of nitrogens with two attached hydrogens (primary N) is 1. The van der Waals surface area contributed by atoms with Gasteiger partial charge < -0.3 is 10.3 Å². The molecule has 0 atom stereocenters. The summed E-state index contributed by atoms with van der Waals surface area (Å²) in [6.07, 6.45) is 1.72. The Bertz CT molecular complexity index is 763. The van der Waals surface area contributed by atoms with E-state index < -0.39 is 11.6 Å². The zero-order chi connectivity index (χ0) is 13.6. The molecule has 0 fully saturated rings. The third kappa shape index (κ3) is 2.06. The minimum absolute atomic E-state index is 0.0835. The smallest absolute Gasteiger partial charge is 0.201 e. The maximum atomic E-state index is 13.6. The van der Waals surface area contributed by atoms with Gasteiger partial charge in [0.05, 0.1) is 17.1 Å². The number of thiazole rings is 1. The first-order valence-electron chi connectivity index (χ1n) is 5.56. The van der Waals surface area contributed by atoms with Crippen LogP contribution in [-0.4, -0.2) is 14.5 Å². The molecular formula is C12H10F2N4S. The minimum atomic E-state index is -0.707. The Hall–Kier alpha value is -2.02. The molecule has 0 unspecified atom stereocenters. The molecule has 1 aromatic carbocycles. The fourth-order valence-corrected chi connectivity index (χ4v) is 2.75. The normalized spacial score (nSPS) is 11.3. The number of aryl methyl sites for hydroxylation is 1. The lowest BCUT2D eigenvalue weighted by Crippen LogP contribution is -2.03. The van der Waals surface area contributed by atoms with Gasteiger partial charge in [0.2, 0.25) is 5.95 Å². The predicted octanol–water partition coefficient (Wildman–Crippen LogP) is 2.71. The van der Waals surface area contributed by atoms with Gasteiger partial charge in [-0.1, -0.05) is 0 Å². The molecule has 0 aliphatic heterocycles. The number of nitrogens with zero attached hydrogens (tertiary/aromatic N) is 3. The Labute approximate surface area is 111 Å². The van der Waals surface area contributed by atoms with Crippen LogP contribution < -0.4 is 5.73 Å². The first kappa shape index (κ1) is 12.0. The van der Waals surface area contributed by atoms with Gasteiger partial charge in [-0.25, -0.2) is 18.7 Å². The van der Waals surface area contributed by atoms with Gasteiger partial charge in [0.25, 0.3) is 0 Å². The third-order valence-electron chi connectivity index (χ3n) is 2.78. The second kappa shape index (κ2) is 4.27. The highest BCUT2D eigenvalue weighted by molar-refractivity contribution is 7.11. The molecule has 0 amide bonds. The Kier molecular flexibility index (Phi) is 2.70. The predicted molar refractivity (Wildman–Crippen MR) is 70.0 cm³/mol. The lowest BCUT2D eigenvalue weighted by Gasteiger charge is -2.04. The summed E-state index contributed by atoms with van der Waals surface area (Å²) < 4.78 is 28.5. The number of hydrogen-bond acceptors (Lipinski definition) is 4. The van der Waals surface area contributed by atoms with Crippen molar-refractivity contribution in [3.05, 3.63) is 39.8 Å². The van der Waals surface area contributed by atoms with Crippen LogP contribution in [0.5, 0.6) is 0 Å². The number of aromatic nitrogens is 3. The van der Waals surface area contributed by atoms with Crippen LogP contribution in [0.4, 0.5) is 14.7 Å². The molecule has 0 radical (unpaired) electrons. The highest BCUT2D eigenvalue weighted by Gasteiger charge is 2.14. The van der Waals surface area contributed by atoms with E-state index in [9.17, 15) is 8.78 Å². The quantitative estimate of drug-likeness (QED) is 0.785. The van der Waals surface area contributed by atoms with E-state index in [1.54, 1.807) is 10.8 Å². The van der Waals surface area contributed by atoms with Crippen molar-refractivity contribution < 1.29 is 8.78 Å². The summed E-state index contributed by atoms with van der Waals surface area (Å²) in [5, 5.41) is 0.926. The highest BCUT2D eigenvalue weighted by Crippen LogP contribution is 2.24. The average molecular weight is 280 g/mol. The Morgan fingerprint density at radius 3 is 2.84 bits per heavy atom. The molecule has 2 N–H and O–H groups in total. The summed E-state index contributed by atoms with van der Waals surface area (Å²) in [6, 6.07) is 2.03. The lowest BCUT2D eigenvalue weighted by atomic mass is 10.3. The topological polar surface area (TPSA) is 56.7 Å². The molecule has 0 aliphatic rings. The summed E-state index contributed by atoms with van der Waals surface area (Å²) in [5.41, 5.74) is 6.21. The SMILES string of the molecule is Cc1ncc(Cn2c(N)nc3c(F)cc(F)cc32)s1. The van der Waals surface area contributed by atoms with Crippen LogP contribution in [0.2, 0.25) is 0 Å². The minimum Gasteiger partial charge on any atom is -0.369 e. The standard InChI is InChI=1S/C12H10F2N4S/c1-6-16-4-8(19-6)5-18-10-3-7(13)2-9(14)11(10)17-12(18)15/h2-4H,5H2,1H3,(H2,15,17). The summed E-state index contributed by atoms with van der Waals surface area (Å²) in [5.74, 6) is -1.20. The van der Waals surface area contributed by atoms with Crippen molar-refractivity contribution in [3.8, 4) is 0 Å². The average Bonchev–Trinajstić information content (AvgIpc) is 2.87. The van der Waals surface area contributed by atoms with Crippen LogP contribution in [0.15, 0.2) is 18.3 Å². The molecule has 7 heteroatoms. The lowest BCUT2D eigenvalue weighted by molar-refractivity contribution is 0.590. The maximum Gasteiger partial charge on any atom is 0.201 e. The zero-order valence-electron chi connectivity index (χ0n) is 10.0. The summed E-state index contributed by atoms with van der Waals surface area (Å²) in [7, 11) is 0. The van der Waals surface area contributed by atoms with Crippen molar-refractivity contribution >= 4 is 28.3 Å². The van der Waals surface area contributed by atoms with Gasteiger partial charge in [-0.2, -0.15) is 0 Å². The molecule has 2 aromatic heterocycles. The van der Waals surface area contributed by atoms with Crippen molar-refractivity contribution in [1.29, 1.82) is 0 Å². The molecule has 3 rings (SSSR count). The molecule has 2 heterocycles.